The average Bonchev–Trinajstić information content (AvgIpc) is 3.91. The van der Waals surface area contributed by atoms with E-state index in [0.29, 0.717) is 74.7 Å². The number of hydrogen-bond donors (Lipinski definition) is 2. The number of hydrogen-bond acceptors (Lipinski definition) is 10. The van der Waals surface area contributed by atoms with Crippen LogP contribution < -0.4 is 21.8 Å². The first-order valence-corrected chi connectivity index (χ1v) is 24.1. The summed E-state index contributed by atoms with van der Waals surface area (Å²) in [5, 5.41) is 17.7. The van der Waals surface area contributed by atoms with Gasteiger partial charge in [0.2, 0.25) is 5.91 Å². The number of nitrogens with zero attached hydrogens (tertiary/aromatic N) is 10. The third-order valence-electron chi connectivity index (χ3n) is 13.0. The first-order valence-electron chi connectivity index (χ1n) is 24.1. The highest BCUT2D eigenvalue weighted by Crippen LogP contribution is 2.27. The molecule has 0 aliphatic carbocycles. The second-order valence-corrected chi connectivity index (χ2v) is 18.6. The first kappa shape index (κ1) is 52.2. The van der Waals surface area contributed by atoms with Gasteiger partial charge in [0.15, 0.2) is 11.3 Å². The van der Waals surface area contributed by atoms with E-state index in [0.717, 1.165) is 27.6 Å². The van der Waals surface area contributed by atoms with Gasteiger partial charge >= 0.3 is 0 Å². The van der Waals surface area contributed by atoms with Gasteiger partial charge in [-0.05, 0) is 112 Å². The normalized spacial score (nSPS) is 12.0. The Kier molecular flexibility index (Phi) is 15.3. The van der Waals surface area contributed by atoms with Gasteiger partial charge in [-0.2, -0.15) is 10.2 Å². The molecule has 6 heterocycles. The number of benzene rings is 4. The Balaban J connectivity index is 0.000000197. The standard InChI is InChI=1S/C29H28N6O3.C28H28N6O2.CH4/c1-18(31-28(37)25-19(2)32-34-15-9-14-30-27(25)34)24-16-21-10-8-11-22(17-33(4)20(3)36)26(21)29(38)35(24)23-12-6-5-7-13-23;1-18(30-27(35)24-19(2)31-33-15-9-14-29-26(24)33)23-16-20-10-8-11-21(17-32(3)4)25(20)28(36)34(23)22-12-6-5-7-13-22;/h5-16,18H,17H2,1-4H3,(H,31,37);5-16,18H,17H2,1-4H3,(H,30,35);1H4/t2*18-;/m00./s1. The van der Waals surface area contributed by atoms with E-state index in [1.807, 2.05) is 142 Å². The molecule has 0 saturated heterocycles. The van der Waals surface area contributed by atoms with Crippen molar-refractivity contribution in [2.45, 2.75) is 67.2 Å². The summed E-state index contributed by atoms with van der Waals surface area (Å²) in [5.74, 6) is -0.703. The summed E-state index contributed by atoms with van der Waals surface area (Å²) >= 11 is 0. The van der Waals surface area contributed by atoms with Crippen LogP contribution in [0.2, 0.25) is 0 Å². The molecule has 3 amide bonds. The summed E-state index contributed by atoms with van der Waals surface area (Å²) in [7, 11) is 5.68. The van der Waals surface area contributed by atoms with Gasteiger partial charge in [0.1, 0.15) is 11.1 Å². The minimum Gasteiger partial charge on any atom is -0.344 e. The minimum absolute atomic E-state index is 0. The van der Waals surface area contributed by atoms with E-state index in [4.69, 9.17) is 0 Å². The lowest BCUT2D eigenvalue weighted by Gasteiger charge is -2.22. The first-order chi connectivity index (χ1) is 35.6. The average molecular weight is 1010 g/mol. The highest BCUT2D eigenvalue weighted by Gasteiger charge is 2.26. The fourth-order valence-electron chi connectivity index (χ4n) is 9.41. The predicted octanol–water partition coefficient (Wildman–Crippen LogP) is 8.34. The molecule has 4 aromatic carbocycles. The van der Waals surface area contributed by atoms with Crippen LogP contribution in [0.15, 0.2) is 156 Å². The molecule has 0 unspecified atom stereocenters. The maximum atomic E-state index is 14.1. The van der Waals surface area contributed by atoms with Crippen molar-refractivity contribution < 1.29 is 14.4 Å². The maximum absolute atomic E-state index is 14.1. The second-order valence-electron chi connectivity index (χ2n) is 18.6. The molecule has 17 nitrogen and oxygen atoms in total. The number of carbonyl (C=O) groups excluding carboxylic acids is 3. The molecule has 0 saturated carbocycles. The summed E-state index contributed by atoms with van der Waals surface area (Å²) in [6.07, 6.45) is 6.76. The van der Waals surface area contributed by atoms with Crippen molar-refractivity contribution in [3.8, 4) is 11.4 Å². The topological polar surface area (TPSA) is 186 Å². The second kappa shape index (κ2) is 21.9. The van der Waals surface area contributed by atoms with Gasteiger partial charge in [0.05, 0.1) is 34.2 Å². The molecular weight excluding hydrogens is 945 g/mol. The van der Waals surface area contributed by atoms with Crippen LogP contribution in [0.1, 0.15) is 94.9 Å². The molecular formula is C58H60N12O5. The highest BCUT2D eigenvalue weighted by atomic mass is 16.2. The molecule has 2 N–H and O–H groups in total. The molecule has 75 heavy (non-hydrogen) atoms. The zero-order valence-electron chi connectivity index (χ0n) is 42.4. The molecule has 0 spiro atoms. The number of nitrogens with one attached hydrogen (secondary N) is 2. The van der Waals surface area contributed by atoms with Crippen LogP contribution in [0.3, 0.4) is 0 Å². The quantitative estimate of drug-likeness (QED) is 0.121. The Morgan fingerprint density at radius 1 is 0.573 bits per heavy atom. The molecule has 0 bridgehead atoms. The minimum atomic E-state index is -0.526. The van der Waals surface area contributed by atoms with E-state index in [9.17, 15) is 24.0 Å². The lowest BCUT2D eigenvalue weighted by Crippen LogP contribution is -2.33. The third-order valence-corrected chi connectivity index (χ3v) is 13.0. The van der Waals surface area contributed by atoms with Crippen LogP contribution in [0, 0.1) is 13.8 Å². The predicted molar refractivity (Wildman–Crippen MR) is 293 cm³/mol. The number of fused-ring (bicyclic) bond motifs is 4. The molecule has 10 rings (SSSR count). The maximum Gasteiger partial charge on any atom is 0.263 e. The van der Waals surface area contributed by atoms with E-state index < -0.39 is 12.1 Å². The molecule has 0 radical (unpaired) electrons. The van der Waals surface area contributed by atoms with Crippen molar-refractivity contribution in [2.24, 2.45) is 0 Å². The molecule has 0 aliphatic heterocycles. The summed E-state index contributed by atoms with van der Waals surface area (Å²) in [6.45, 7) is 9.74. The van der Waals surface area contributed by atoms with Gasteiger partial charge < -0.3 is 20.4 Å². The van der Waals surface area contributed by atoms with Crippen LogP contribution >= 0.6 is 0 Å². The van der Waals surface area contributed by atoms with E-state index in [2.05, 4.69) is 30.8 Å². The molecule has 382 valence electrons. The van der Waals surface area contributed by atoms with E-state index >= 15 is 0 Å². The SMILES string of the molecule is C.CC(=O)N(C)Cc1cccc2cc([C@H](C)NC(=O)c3c(C)nn4cccnc34)n(-c3ccccc3)c(=O)c12.Cc1nn2cccnc2c1C(=O)N[C@@H](C)c1cc2cccc(CN(C)C)c2c(=O)n1-c1ccccc1. The lowest BCUT2D eigenvalue weighted by atomic mass is 10.0. The molecule has 0 aliphatic rings. The number of carbonyl (C=O) groups is 3. The third kappa shape index (κ3) is 10.4. The van der Waals surface area contributed by atoms with Crippen molar-refractivity contribution in [2.75, 3.05) is 21.1 Å². The lowest BCUT2D eigenvalue weighted by molar-refractivity contribution is -0.128. The Hall–Kier alpha value is -9.09. The number of aryl methyl sites for hydroxylation is 2. The molecule has 17 heteroatoms. The smallest absolute Gasteiger partial charge is 0.263 e. The number of para-hydroxylation sites is 2. The Bertz CT molecular complexity index is 3880. The largest absolute Gasteiger partial charge is 0.344 e. The van der Waals surface area contributed by atoms with Crippen molar-refractivity contribution in [1.82, 2.24) is 58.8 Å². The summed E-state index contributed by atoms with van der Waals surface area (Å²) in [6, 6.07) is 36.8. The summed E-state index contributed by atoms with van der Waals surface area (Å²) < 4.78 is 6.50. The van der Waals surface area contributed by atoms with Crippen molar-refractivity contribution in [3.63, 3.8) is 0 Å². The number of pyridine rings is 2. The molecule has 0 fully saturated rings. The van der Waals surface area contributed by atoms with Crippen LogP contribution in [-0.2, 0) is 17.9 Å². The Labute approximate surface area is 433 Å². The molecule has 6 aromatic heterocycles. The zero-order valence-corrected chi connectivity index (χ0v) is 42.4. The van der Waals surface area contributed by atoms with Crippen LogP contribution in [0.25, 0.3) is 44.2 Å². The van der Waals surface area contributed by atoms with Gasteiger partial charge in [0, 0.05) is 74.6 Å². The van der Waals surface area contributed by atoms with E-state index in [1.54, 1.807) is 80.9 Å². The summed E-state index contributed by atoms with van der Waals surface area (Å²) in [4.78, 5) is 79.1. The Morgan fingerprint density at radius 3 is 1.39 bits per heavy atom. The number of rotatable bonds is 12. The monoisotopic (exact) mass is 1000 g/mol. The van der Waals surface area contributed by atoms with Crippen molar-refractivity contribution in [3.05, 3.63) is 212 Å². The molecule has 10 aromatic rings. The highest BCUT2D eigenvalue weighted by molar-refractivity contribution is 6.02. The van der Waals surface area contributed by atoms with Crippen LogP contribution in [0.4, 0.5) is 0 Å². The van der Waals surface area contributed by atoms with Crippen LogP contribution in [-0.4, -0.2) is 87.0 Å². The van der Waals surface area contributed by atoms with Crippen molar-refractivity contribution in [1.29, 1.82) is 0 Å². The fraction of sp³-hybridized carbons (Fsp3) is 0.224. The van der Waals surface area contributed by atoms with E-state index in [1.165, 1.54) is 6.92 Å². The van der Waals surface area contributed by atoms with Crippen molar-refractivity contribution >= 4 is 50.6 Å². The fourth-order valence-corrected chi connectivity index (χ4v) is 9.41. The van der Waals surface area contributed by atoms with Gasteiger partial charge in [-0.25, -0.2) is 19.0 Å². The van der Waals surface area contributed by atoms with Gasteiger partial charge in [-0.1, -0.05) is 80.2 Å². The number of aromatic nitrogens is 8. The van der Waals surface area contributed by atoms with Crippen LogP contribution in [0.5, 0.6) is 0 Å². The summed E-state index contributed by atoms with van der Waals surface area (Å²) in [5.41, 5.74) is 7.05. The van der Waals surface area contributed by atoms with E-state index in [-0.39, 0.29) is 36.3 Å². The van der Waals surface area contributed by atoms with Gasteiger partial charge in [-0.3, -0.25) is 33.1 Å². The van der Waals surface area contributed by atoms with Gasteiger partial charge in [-0.15, -0.1) is 0 Å². The zero-order chi connectivity index (χ0) is 52.4. The number of amides is 3. The molecule has 2 atom stereocenters. The Morgan fingerprint density at radius 2 is 0.987 bits per heavy atom. The van der Waals surface area contributed by atoms with Gasteiger partial charge in [0.25, 0.3) is 22.9 Å².